The number of hydrogen-bond donors (Lipinski definition) is 3. The summed E-state index contributed by atoms with van der Waals surface area (Å²) in [5.74, 6) is -0.192. The third-order valence-corrected chi connectivity index (χ3v) is 5.50. The minimum Gasteiger partial charge on any atom is -0.325 e. The highest BCUT2D eigenvalue weighted by molar-refractivity contribution is 8.00. The number of amides is 1. The lowest BCUT2D eigenvalue weighted by atomic mass is 10.1. The molecule has 4 aromatic rings. The summed E-state index contributed by atoms with van der Waals surface area (Å²) >= 11 is 1.27. The Kier molecular flexibility index (Phi) is 4.93. The maximum absolute atomic E-state index is 12.7. The van der Waals surface area contributed by atoms with Gasteiger partial charge in [0.2, 0.25) is 11.1 Å². The Morgan fingerprint density at radius 2 is 1.93 bits per heavy atom. The van der Waals surface area contributed by atoms with Crippen LogP contribution in [0.5, 0.6) is 0 Å². The fourth-order valence-corrected chi connectivity index (χ4v) is 3.72. The largest absolute Gasteiger partial charge is 0.325 e. The van der Waals surface area contributed by atoms with E-state index in [9.17, 15) is 9.59 Å². The van der Waals surface area contributed by atoms with Crippen molar-refractivity contribution in [3.05, 3.63) is 58.0 Å². The number of tetrazole rings is 1. The molecule has 0 fully saturated rings. The number of imidazole rings is 1. The topological polar surface area (TPSA) is 121 Å². The van der Waals surface area contributed by atoms with E-state index in [2.05, 4.69) is 30.8 Å². The molecule has 0 saturated carbocycles. The molecule has 0 aliphatic carbocycles. The van der Waals surface area contributed by atoms with E-state index in [0.717, 1.165) is 16.8 Å². The van der Waals surface area contributed by atoms with E-state index in [1.54, 1.807) is 29.8 Å². The molecule has 4 rings (SSSR count). The molecular formula is C19H19N7O2S. The summed E-state index contributed by atoms with van der Waals surface area (Å²) in [6.45, 7) is 5.78. The molecule has 1 amide bonds. The third kappa shape index (κ3) is 3.92. The maximum Gasteiger partial charge on any atom is 0.323 e. The number of benzene rings is 2. The summed E-state index contributed by atoms with van der Waals surface area (Å²) in [6, 6.07) is 11.2. The monoisotopic (exact) mass is 409 g/mol. The van der Waals surface area contributed by atoms with Gasteiger partial charge in [0, 0.05) is 5.69 Å². The first-order valence-corrected chi connectivity index (χ1v) is 9.84. The van der Waals surface area contributed by atoms with Crippen LogP contribution < -0.4 is 11.0 Å². The zero-order chi connectivity index (χ0) is 20.5. The molecule has 0 bridgehead atoms. The van der Waals surface area contributed by atoms with Gasteiger partial charge < -0.3 is 15.3 Å². The second-order valence-corrected chi connectivity index (χ2v) is 8.06. The number of thioether (sulfide) groups is 1. The van der Waals surface area contributed by atoms with Crippen molar-refractivity contribution in [3.8, 4) is 5.69 Å². The van der Waals surface area contributed by atoms with Crippen LogP contribution in [0, 0.1) is 13.8 Å². The smallest absolute Gasteiger partial charge is 0.323 e. The summed E-state index contributed by atoms with van der Waals surface area (Å²) in [6.07, 6.45) is 0. The highest BCUT2D eigenvalue weighted by Crippen LogP contribution is 2.26. The van der Waals surface area contributed by atoms with E-state index in [1.165, 1.54) is 11.8 Å². The van der Waals surface area contributed by atoms with E-state index in [4.69, 9.17) is 0 Å². The first-order chi connectivity index (χ1) is 13.9. The summed E-state index contributed by atoms with van der Waals surface area (Å²) < 4.78 is 1.65. The number of aromatic amines is 2. The summed E-state index contributed by atoms with van der Waals surface area (Å²) in [4.78, 5) is 29.4. The Morgan fingerprint density at radius 3 is 2.76 bits per heavy atom. The third-order valence-electron chi connectivity index (χ3n) is 4.47. The summed E-state index contributed by atoms with van der Waals surface area (Å²) in [7, 11) is 0. The van der Waals surface area contributed by atoms with Gasteiger partial charge in [0.05, 0.1) is 22.0 Å². The van der Waals surface area contributed by atoms with Crippen LogP contribution in [0.15, 0.2) is 46.3 Å². The summed E-state index contributed by atoms with van der Waals surface area (Å²) in [5.41, 5.74) is 4.64. The molecule has 0 aliphatic heterocycles. The van der Waals surface area contributed by atoms with Crippen LogP contribution >= 0.6 is 11.8 Å². The van der Waals surface area contributed by atoms with Crippen LogP contribution in [-0.4, -0.2) is 41.3 Å². The van der Waals surface area contributed by atoms with Crippen LogP contribution in [0.1, 0.15) is 18.1 Å². The van der Waals surface area contributed by atoms with Crippen molar-refractivity contribution < 1.29 is 4.79 Å². The van der Waals surface area contributed by atoms with Crippen molar-refractivity contribution in [2.24, 2.45) is 0 Å². The van der Waals surface area contributed by atoms with E-state index >= 15 is 0 Å². The number of hydrogen-bond acceptors (Lipinski definition) is 6. The molecule has 2 heterocycles. The van der Waals surface area contributed by atoms with E-state index in [1.807, 2.05) is 32.0 Å². The van der Waals surface area contributed by atoms with Crippen LogP contribution in [0.3, 0.4) is 0 Å². The number of carbonyl (C=O) groups excluding carboxylic acids is 1. The lowest BCUT2D eigenvalue weighted by Crippen LogP contribution is -2.23. The highest BCUT2D eigenvalue weighted by atomic mass is 32.2. The van der Waals surface area contributed by atoms with Gasteiger partial charge in [-0.25, -0.2) is 4.79 Å². The minimum absolute atomic E-state index is 0.192. The zero-order valence-electron chi connectivity index (χ0n) is 16.1. The molecule has 148 valence electrons. The molecule has 0 spiro atoms. The van der Waals surface area contributed by atoms with Gasteiger partial charge in [-0.1, -0.05) is 23.9 Å². The Hall–Kier alpha value is -3.40. The maximum atomic E-state index is 12.7. The van der Waals surface area contributed by atoms with Crippen molar-refractivity contribution in [2.45, 2.75) is 31.2 Å². The summed E-state index contributed by atoms with van der Waals surface area (Å²) in [5, 5.41) is 14.9. The van der Waals surface area contributed by atoms with Gasteiger partial charge in [-0.2, -0.15) is 4.68 Å². The highest BCUT2D eigenvalue weighted by Gasteiger charge is 2.20. The molecule has 10 heteroatoms. The Labute approximate surface area is 169 Å². The van der Waals surface area contributed by atoms with Crippen molar-refractivity contribution in [2.75, 3.05) is 5.32 Å². The number of fused-ring (bicyclic) bond motifs is 1. The second kappa shape index (κ2) is 7.55. The number of nitrogens with one attached hydrogen (secondary N) is 3. The van der Waals surface area contributed by atoms with Gasteiger partial charge in [0.1, 0.15) is 0 Å². The van der Waals surface area contributed by atoms with Crippen molar-refractivity contribution in [3.63, 3.8) is 0 Å². The van der Waals surface area contributed by atoms with Gasteiger partial charge in [-0.05, 0) is 66.6 Å². The Morgan fingerprint density at radius 1 is 1.14 bits per heavy atom. The number of aromatic nitrogens is 6. The molecule has 0 radical (unpaired) electrons. The number of nitrogens with zero attached hydrogens (tertiary/aromatic N) is 4. The predicted molar refractivity (Wildman–Crippen MR) is 111 cm³/mol. The average molecular weight is 409 g/mol. The van der Waals surface area contributed by atoms with Gasteiger partial charge in [0.25, 0.3) is 0 Å². The Bertz CT molecular complexity index is 1260. The standard InChI is InChI=1S/C19H19N7O2S/c1-10-4-5-11(2)16(8-10)26-19(23-24-25-26)29-12(3)17(27)20-13-6-7-14-15(9-13)22-18(28)21-14/h4-9,12H,1-3H3,(H,20,27)(H2,21,22,28)/t12-/m0/s1. The van der Waals surface area contributed by atoms with Gasteiger partial charge in [-0.15, -0.1) is 5.10 Å². The average Bonchev–Trinajstić information content (AvgIpc) is 3.28. The van der Waals surface area contributed by atoms with Crippen LogP contribution in [-0.2, 0) is 4.79 Å². The molecular weight excluding hydrogens is 390 g/mol. The van der Waals surface area contributed by atoms with Gasteiger partial charge in [-0.3, -0.25) is 4.79 Å². The number of rotatable bonds is 5. The van der Waals surface area contributed by atoms with Gasteiger partial charge >= 0.3 is 5.69 Å². The van der Waals surface area contributed by atoms with Crippen LogP contribution in [0.2, 0.25) is 0 Å². The molecule has 0 aliphatic rings. The number of aryl methyl sites for hydroxylation is 2. The first kappa shape index (κ1) is 18.9. The number of H-pyrrole nitrogens is 2. The fraction of sp³-hybridized carbons (Fsp3) is 0.211. The molecule has 0 saturated heterocycles. The molecule has 2 aromatic carbocycles. The van der Waals surface area contributed by atoms with Crippen molar-refractivity contribution in [1.82, 2.24) is 30.2 Å². The van der Waals surface area contributed by atoms with Crippen LogP contribution in [0.4, 0.5) is 5.69 Å². The fourth-order valence-electron chi connectivity index (χ4n) is 2.92. The van der Waals surface area contributed by atoms with Crippen molar-refractivity contribution >= 4 is 34.4 Å². The van der Waals surface area contributed by atoms with E-state index in [-0.39, 0.29) is 11.6 Å². The molecule has 2 aromatic heterocycles. The lowest BCUT2D eigenvalue weighted by molar-refractivity contribution is -0.115. The normalized spacial score (nSPS) is 12.2. The molecule has 29 heavy (non-hydrogen) atoms. The quantitative estimate of drug-likeness (QED) is 0.436. The van der Waals surface area contributed by atoms with E-state index < -0.39 is 5.25 Å². The molecule has 3 N–H and O–H groups in total. The Balaban J connectivity index is 1.51. The lowest BCUT2D eigenvalue weighted by Gasteiger charge is -2.13. The predicted octanol–water partition coefficient (Wildman–Crippen LogP) is 2.57. The SMILES string of the molecule is Cc1ccc(C)c(-n2nnnc2S[C@@H](C)C(=O)Nc2ccc3[nH]c(=O)[nH]c3c2)c1. The molecule has 1 atom stereocenters. The van der Waals surface area contributed by atoms with Gasteiger partial charge in [0.15, 0.2) is 0 Å². The molecule has 9 nitrogen and oxygen atoms in total. The first-order valence-electron chi connectivity index (χ1n) is 8.96. The minimum atomic E-state index is -0.439. The molecule has 0 unspecified atom stereocenters. The number of anilines is 1. The zero-order valence-corrected chi connectivity index (χ0v) is 16.9. The van der Waals surface area contributed by atoms with E-state index in [0.29, 0.717) is 21.9 Å². The van der Waals surface area contributed by atoms with Crippen LogP contribution in [0.25, 0.3) is 16.7 Å². The number of carbonyl (C=O) groups is 1. The second-order valence-electron chi connectivity index (χ2n) is 6.75. The van der Waals surface area contributed by atoms with Crippen molar-refractivity contribution in [1.29, 1.82) is 0 Å².